The molecule has 10 heteroatoms. The van der Waals surface area contributed by atoms with Crippen molar-refractivity contribution in [2.75, 3.05) is 4.90 Å². The van der Waals surface area contributed by atoms with Gasteiger partial charge in [-0.3, -0.25) is 19.8 Å². The molecule has 9 nitrogen and oxygen atoms in total. The molecule has 3 aromatic rings. The van der Waals surface area contributed by atoms with Gasteiger partial charge < -0.3 is 14.6 Å². The number of anilines is 1. The van der Waals surface area contributed by atoms with Crippen LogP contribution in [0.3, 0.4) is 0 Å². The molecule has 4 rings (SSSR count). The van der Waals surface area contributed by atoms with Gasteiger partial charge in [0.15, 0.2) is 5.11 Å². The van der Waals surface area contributed by atoms with Gasteiger partial charge in [0.2, 0.25) is 0 Å². The molecule has 0 aliphatic carbocycles. The van der Waals surface area contributed by atoms with Crippen LogP contribution in [0.15, 0.2) is 64.6 Å². The molecule has 2 aromatic carbocycles. The molecule has 2 amide bonds. The molecule has 1 fully saturated rings. The van der Waals surface area contributed by atoms with Crippen LogP contribution in [-0.4, -0.2) is 39.1 Å². The first-order valence-corrected chi connectivity index (χ1v) is 10.3. The monoisotopic (exact) mass is 476 g/mol. The number of aromatic carboxylic acids is 2. The van der Waals surface area contributed by atoms with Crippen molar-refractivity contribution in [1.29, 1.82) is 0 Å². The number of carbonyl (C=O) groups excluding carboxylic acids is 2. The number of benzene rings is 2. The summed E-state index contributed by atoms with van der Waals surface area (Å²) in [7, 11) is 0. The van der Waals surface area contributed by atoms with Crippen LogP contribution in [0.25, 0.3) is 17.4 Å². The number of carboxylic acids is 2. The van der Waals surface area contributed by atoms with Crippen LogP contribution in [0, 0.1) is 6.92 Å². The zero-order chi connectivity index (χ0) is 24.6. The number of amides is 2. The first-order valence-electron chi connectivity index (χ1n) is 9.85. The Balaban J connectivity index is 1.70. The summed E-state index contributed by atoms with van der Waals surface area (Å²) >= 11 is 5.13. The predicted octanol–water partition coefficient (Wildman–Crippen LogP) is 3.48. The third-order valence-electron chi connectivity index (χ3n) is 5.20. The molecule has 0 spiro atoms. The van der Waals surface area contributed by atoms with Gasteiger partial charge in [0, 0.05) is 5.56 Å². The van der Waals surface area contributed by atoms with E-state index in [1.54, 1.807) is 25.1 Å². The standard InChI is InChI=1S/C24H16N2O7S/c1-12-16(6-3-7-17(12)23(31)32)19-9-8-15(33-19)11-18-20(27)25-24(34)26(21(18)28)14-5-2-4-13(10-14)22(29)30/h2-11H,1H3,(H,29,30)(H,31,32)(H,25,27,34). The van der Waals surface area contributed by atoms with Gasteiger partial charge in [-0.2, -0.15) is 0 Å². The second-order valence-corrected chi connectivity index (χ2v) is 7.69. The van der Waals surface area contributed by atoms with Crippen LogP contribution < -0.4 is 10.2 Å². The van der Waals surface area contributed by atoms with E-state index < -0.39 is 23.8 Å². The summed E-state index contributed by atoms with van der Waals surface area (Å²) in [6.45, 7) is 1.65. The first-order chi connectivity index (χ1) is 16.2. The third-order valence-corrected chi connectivity index (χ3v) is 5.48. The van der Waals surface area contributed by atoms with Gasteiger partial charge >= 0.3 is 11.9 Å². The molecule has 1 aliphatic rings. The Hall–Kier alpha value is -4.57. The van der Waals surface area contributed by atoms with Crippen LogP contribution in [0.4, 0.5) is 5.69 Å². The van der Waals surface area contributed by atoms with E-state index in [0.29, 0.717) is 16.9 Å². The van der Waals surface area contributed by atoms with Gasteiger partial charge in [0.25, 0.3) is 11.8 Å². The van der Waals surface area contributed by atoms with Crippen molar-refractivity contribution >= 4 is 52.8 Å². The maximum absolute atomic E-state index is 13.1. The number of furan rings is 1. The van der Waals surface area contributed by atoms with Gasteiger partial charge in [-0.05, 0) is 67.2 Å². The molecular weight excluding hydrogens is 460 g/mol. The van der Waals surface area contributed by atoms with Crippen LogP contribution in [0.2, 0.25) is 0 Å². The fraction of sp³-hybridized carbons (Fsp3) is 0.0417. The zero-order valence-corrected chi connectivity index (χ0v) is 18.4. The van der Waals surface area contributed by atoms with Crippen LogP contribution >= 0.6 is 12.2 Å². The van der Waals surface area contributed by atoms with E-state index in [-0.39, 0.29) is 33.3 Å². The molecular formula is C24H16N2O7S. The number of nitrogens with zero attached hydrogens (tertiary/aromatic N) is 1. The quantitative estimate of drug-likeness (QED) is 0.289. The maximum Gasteiger partial charge on any atom is 0.335 e. The van der Waals surface area contributed by atoms with Gasteiger partial charge in [-0.15, -0.1) is 0 Å². The topological polar surface area (TPSA) is 137 Å². The van der Waals surface area contributed by atoms with E-state index in [1.165, 1.54) is 42.5 Å². The molecule has 2 heterocycles. The van der Waals surface area contributed by atoms with Crippen LogP contribution in [-0.2, 0) is 9.59 Å². The summed E-state index contributed by atoms with van der Waals surface area (Å²) in [4.78, 5) is 49.4. The highest BCUT2D eigenvalue weighted by Crippen LogP contribution is 2.29. The molecule has 0 atom stereocenters. The van der Waals surface area contributed by atoms with E-state index in [9.17, 15) is 29.4 Å². The molecule has 1 saturated heterocycles. The average Bonchev–Trinajstić information content (AvgIpc) is 3.25. The van der Waals surface area contributed by atoms with Crippen molar-refractivity contribution in [1.82, 2.24) is 5.32 Å². The van der Waals surface area contributed by atoms with E-state index in [0.717, 1.165) is 4.90 Å². The summed E-state index contributed by atoms with van der Waals surface area (Å²) in [5.41, 5.74) is 1.05. The minimum Gasteiger partial charge on any atom is -0.478 e. The van der Waals surface area contributed by atoms with Crippen molar-refractivity contribution in [3.05, 3.63) is 82.6 Å². The largest absolute Gasteiger partial charge is 0.478 e. The Morgan fingerprint density at radius 1 is 1.03 bits per heavy atom. The Kier molecular flexibility index (Phi) is 5.82. The van der Waals surface area contributed by atoms with Gasteiger partial charge in [-0.1, -0.05) is 18.2 Å². The lowest BCUT2D eigenvalue weighted by atomic mass is 10.0. The van der Waals surface area contributed by atoms with E-state index in [1.807, 2.05) is 0 Å². The van der Waals surface area contributed by atoms with Crippen molar-refractivity contribution in [2.45, 2.75) is 6.92 Å². The number of thiocarbonyl (C=S) groups is 1. The molecule has 0 radical (unpaired) electrons. The lowest BCUT2D eigenvalue weighted by Crippen LogP contribution is -2.54. The molecule has 3 N–H and O–H groups in total. The molecule has 1 aliphatic heterocycles. The number of rotatable bonds is 5. The number of carboxylic acid groups (broad SMARTS) is 2. The number of hydrogen-bond donors (Lipinski definition) is 3. The molecule has 1 aromatic heterocycles. The fourth-order valence-corrected chi connectivity index (χ4v) is 3.80. The summed E-state index contributed by atoms with van der Waals surface area (Å²) in [5, 5.41) is 20.8. The molecule has 170 valence electrons. The molecule has 0 saturated carbocycles. The minimum absolute atomic E-state index is 0.0508. The van der Waals surface area contributed by atoms with Crippen LogP contribution in [0.5, 0.6) is 0 Å². The molecule has 34 heavy (non-hydrogen) atoms. The van der Waals surface area contributed by atoms with Crippen molar-refractivity contribution < 1.29 is 33.8 Å². The van der Waals surface area contributed by atoms with E-state index in [4.69, 9.17) is 16.6 Å². The lowest BCUT2D eigenvalue weighted by Gasteiger charge is -2.28. The number of carbonyl (C=O) groups is 4. The van der Waals surface area contributed by atoms with E-state index in [2.05, 4.69) is 5.32 Å². The summed E-state index contributed by atoms with van der Waals surface area (Å²) in [6.07, 6.45) is 1.24. The highest BCUT2D eigenvalue weighted by Gasteiger charge is 2.35. The van der Waals surface area contributed by atoms with Crippen molar-refractivity contribution in [3.63, 3.8) is 0 Å². The summed E-state index contributed by atoms with van der Waals surface area (Å²) < 4.78 is 5.77. The van der Waals surface area contributed by atoms with Crippen molar-refractivity contribution in [2.24, 2.45) is 0 Å². The third kappa shape index (κ3) is 4.09. The average molecular weight is 476 g/mol. The summed E-state index contributed by atoms with van der Waals surface area (Å²) in [6, 6.07) is 13.5. The zero-order valence-electron chi connectivity index (χ0n) is 17.6. The van der Waals surface area contributed by atoms with Crippen molar-refractivity contribution in [3.8, 4) is 11.3 Å². The second-order valence-electron chi connectivity index (χ2n) is 7.30. The number of hydrogen-bond acceptors (Lipinski definition) is 6. The summed E-state index contributed by atoms with van der Waals surface area (Å²) in [5.74, 6) is -3.19. The van der Waals surface area contributed by atoms with Gasteiger partial charge in [0.05, 0.1) is 16.8 Å². The predicted molar refractivity (Wildman–Crippen MR) is 125 cm³/mol. The van der Waals surface area contributed by atoms with Gasteiger partial charge in [0.1, 0.15) is 17.1 Å². The Labute approximate surface area is 197 Å². The number of nitrogens with one attached hydrogen (secondary N) is 1. The minimum atomic E-state index is -1.18. The fourth-order valence-electron chi connectivity index (χ4n) is 3.52. The van der Waals surface area contributed by atoms with E-state index >= 15 is 0 Å². The Morgan fingerprint density at radius 3 is 2.47 bits per heavy atom. The Morgan fingerprint density at radius 2 is 1.76 bits per heavy atom. The second kappa shape index (κ2) is 8.75. The normalized spacial score (nSPS) is 14.9. The van der Waals surface area contributed by atoms with Gasteiger partial charge in [-0.25, -0.2) is 9.59 Å². The first kappa shape index (κ1) is 22.6. The SMILES string of the molecule is Cc1c(C(=O)O)cccc1-c1ccc(C=C2C(=O)NC(=S)N(c3cccc(C(=O)O)c3)C2=O)o1. The smallest absolute Gasteiger partial charge is 0.335 e. The molecule has 0 bridgehead atoms. The highest BCUT2D eigenvalue weighted by molar-refractivity contribution is 7.80. The highest BCUT2D eigenvalue weighted by atomic mass is 32.1. The van der Waals surface area contributed by atoms with Crippen LogP contribution in [0.1, 0.15) is 32.0 Å². The maximum atomic E-state index is 13.1. The Bertz CT molecular complexity index is 1420. The lowest BCUT2D eigenvalue weighted by molar-refractivity contribution is -0.122. The molecule has 0 unspecified atom stereocenters.